The summed E-state index contributed by atoms with van der Waals surface area (Å²) in [6.45, 7) is 4.25. The Hall–Kier alpha value is -2.46. The van der Waals surface area contributed by atoms with Crippen LogP contribution < -0.4 is 10.1 Å². The van der Waals surface area contributed by atoms with Crippen molar-refractivity contribution in [3.05, 3.63) is 35.5 Å². The maximum Gasteiger partial charge on any atom is 0.246 e. The quantitative estimate of drug-likeness (QED) is 0.768. The largest absolute Gasteiger partial charge is 0.495 e. The lowest BCUT2D eigenvalue weighted by Crippen LogP contribution is -2.43. The second-order valence-electron chi connectivity index (χ2n) is 6.79. The van der Waals surface area contributed by atoms with Gasteiger partial charge in [0.05, 0.1) is 13.7 Å². The van der Waals surface area contributed by atoms with E-state index in [-0.39, 0.29) is 36.4 Å². The number of hydrogen-bond acceptors (Lipinski definition) is 7. The second kappa shape index (κ2) is 8.27. The van der Waals surface area contributed by atoms with Crippen molar-refractivity contribution in [2.24, 2.45) is 5.92 Å². The second-order valence-corrected chi connectivity index (χ2v) is 8.69. The van der Waals surface area contributed by atoms with Crippen molar-refractivity contribution in [1.82, 2.24) is 19.8 Å². The molecule has 0 saturated carbocycles. The molecule has 0 aliphatic carbocycles. The number of amides is 1. The van der Waals surface area contributed by atoms with Crippen LogP contribution in [-0.2, 0) is 21.4 Å². The number of carbonyl (C=O) groups excluding carboxylic acids is 1. The van der Waals surface area contributed by atoms with Crippen molar-refractivity contribution in [2.45, 2.75) is 38.1 Å². The summed E-state index contributed by atoms with van der Waals surface area (Å²) >= 11 is 0. The van der Waals surface area contributed by atoms with Gasteiger partial charge in [0.2, 0.25) is 21.8 Å². The average molecular weight is 408 g/mol. The highest BCUT2D eigenvalue weighted by atomic mass is 32.2. The number of aryl methyl sites for hydroxylation is 2. The standard InChI is InChI=1S/C18H24N4O5S/c1-12-4-5-15(26-3)16(10-12)28(24,25)22-8-6-14(7-9-22)18(23)19-11-17-20-13(2)21-27-17/h4-5,10,14H,6-9,11H2,1-3H3,(H,19,23). The lowest BCUT2D eigenvalue weighted by molar-refractivity contribution is -0.126. The zero-order valence-corrected chi connectivity index (χ0v) is 17.0. The Kier molecular flexibility index (Phi) is 5.99. The maximum atomic E-state index is 13.0. The molecular weight excluding hydrogens is 384 g/mol. The first-order valence-electron chi connectivity index (χ1n) is 9.03. The molecule has 1 N–H and O–H groups in total. The molecule has 28 heavy (non-hydrogen) atoms. The van der Waals surface area contributed by atoms with Crippen molar-refractivity contribution in [1.29, 1.82) is 0 Å². The van der Waals surface area contributed by atoms with Crippen LogP contribution in [-0.4, -0.2) is 49.0 Å². The van der Waals surface area contributed by atoms with Crippen molar-refractivity contribution in [3.8, 4) is 5.75 Å². The number of methoxy groups -OCH3 is 1. The van der Waals surface area contributed by atoms with Gasteiger partial charge in [0.25, 0.3) is 0 Å². The molecule has 1 saturated heterocycles. The highest BCUT2D eigenvalue weighted by molar-refractivity contribution is 7.89. The molecule has 10 heteroatoms. The summed E-state index contributed by atoms with van der Waals surface area (Å²) in [4.78, 5) is 16.6. The third kappa shape index (κ3) is 4.33. The number of aromatic nitrogens is 2. The predicted molar refractivity (Wildman–Crippen MR) is 100 cm³/mol. The molecule has 1 aromatic heterocycles. The molecule has 9 nitrogen and oxygen atoms in total. The first kappa shape index (κ1) is 20.3. The van der Waals surface area contributed by atoms with E-state index in [1.807, 2.05) is 6.92 Å². The number of piperidine rings is 1. The Morgan fingerprint density at radius 2 is 2.04 bits per heavy atom. The molecule has 1 aliphatic rings. The van der Waals surface area contributed by atoms with E-state index in [1.54, 1.807) is 25.1 Å². The predicted octanol–water partition coefficient (Wildman–Crippen LogP) is 1.41. The molecule has 0 unspecified atom stereocenters. The number of nitrogens with one attached hydrogen (secondary N) is 1. The molecule has 0 spiro atoms. The fourth-order valence-electron chi connectivity index (χ4n) is 3.20. The Morgan fingerprint density at radius 3 is 2.64 bits per heavy atom. The molecule has 0 atom stereocenters. The number of rotatable bonds is 6. The zero-order chi connectivity index (χ0) is 20.3. The molecule has 3 rings (SSSR count). The molecular formula is C18H24N4O5S. The van der Waals surface area contributed by atoms with Gasteiger partial charge in [-0.25, -0.2) is 8.42 Å². The normalized spacial score (nSPS) is 16.1. The van der Waals surface area contributed by atoms with Gasteiger partial charge < -0.3 is 14.6 Å². The minimum atomic E-state index is -3.69. The van der Waals surface area contributed by atoms with Crippen LogP contribution in [0.5, 0.6) is 5.75 Å². The summed E-state index contributed by atoms with van der Waals surface area (Å²) < 4.78 is 37.7. The van der Waals surface area contributed by atoms with E-state index in [2.05, 4.69) is 15.5 Å². The van der Waals surface area contributed by atoms with E-state index in [0.717, 1.165) is 5.56 Å². The van der Waals surface area contributed by atoms with E-state index in [4.69, 9.17) is 9.26 Å². The van der Waals surface area contributed by atoms with Gasteiger partial charge in [0, 0.05) is 19.0 Å². The van der Waals surface area contributed by atoms with Crippen LogP contribution in [0.3, 0.4) is 0 Å². The summed E-state index contributed by atoms with van der Waals surface area (Å²) in [6.07, 6.45) is 0.893. The Bertz CT molecular complexity index is 949. The van der Waals surface area contributed by atoms with Crippen LogP contribution in [0, 0.1) is 19.8 Å². The lowest BCUT2D eigenvalue weighted by atomic mass is 9.97. The minimum Gasteiger partial charge on any atom is -0.495 e. The summed E-state index contributed by atoms with van der Waals surface area (Å²) in [5.41, 5.74) is 0.838. The highest BCUT2D eigenvalue weighted by Crippen LogP contribution is 2.30. The summed E-state index contributed by atoms with van der Waals surface area (Å²) in [7, 11) is -2.24. The van der Waals surface area contributed by atoms with Gasteiger partial charge in [-0.2, -0.15) is 9.29 Å². The summed E-state index contributed by atoms with van der Waals surface area (Å²) in [5, 5.41) is 6.44. The minimum absolute atomic E-state index is 0.138. The van der Waals surface area contributed by atoms with Crippen molar-refractivity contribution < 1.29 is 22.5 Å². The first-order chi connectivity index (χ1) is 13.3. The zero-order valence-electron chi connectivity index (χ0n) is 16.1. The van der Waals surface area contributed by atoms with E-state index in [0.29, 0.717) is 30.3 Å². The van der Waals surface area contributed by atoms with E-state index in [1.165, 1.54) is 11.4 Å². The first-order valence-corrected chi connectivity index (χ1v) is 10.5. The number of benzene rings is 1. The molecule has 1 amide bonds. The smallest absolute Gasteiger partial charge is 0.246 e. The Labute approximate surface area is 164 Å². The van der Waals surface area contributed by atoms with Crippen LogP contribution >= 0.6 is 0 Å². The number of ether oxygens (including phenoxy) is 1. The van der Waals surface area contributed by atoms with Gasteiger partial charge in [-0.05, 0) is 44.4 Å². The number of sulfonamides is 1. The van der Waals surface area contributed by atoms with Gasteiger partial charge in [-0.3, -0.25) is 4.79 Å². The Morgan fingerprint density at radius 1 is 1.32 bits per heavy atom. The summed E-state index contributed by atoms with van der Waals surface area (Å²) in [6, 6.07) is 5.07. The fraction of sp³-hybridized carbons (Fsp3) is 0.500. The molecule has 0 radical (unpaired) electrons. The van der Waals surface area contributed by atoms with Gasteiger partial charge >= 0.3 is 0 Å². The topological polar surface area (TPSA) is 115 Å². The molecule has 1 fully saturated rings. The number of carbonyl (C=O) groups is 1. The molecule has 0 bridgehead atoms. The lowest BCUT2D eigenvalue weighted by Gasteiger charge is -2.30. The maximum absolute atomic E-state index is 13.0. The van der Waals surface area contributed by atoms with E-state index >= 15 is 0 Å². The SMILES string of the molecule is COc1ccc(C)cc1S(=O)(=O)N1CCC(C(=O)NCc2nc(C)no2)CC1. The van der Waals surface area contributed by atoms with Gasteiger partial charge in [0.15, 0.2) is 5.82 Å². The summed E-state index contributed by atoms with van der Waals surface area (Å²) in [5.74, 6) is 0.781. The van der Waals surface area contributed by atoms with Crippen molar-refractivity contribution in [2.75, 3.05) is 20.2 Å². The van der Waals surface area contributed by atoms with E-state index < -0.39 is 10.0 Å². The van der Waals surface area contributed by atoms with Crippen molar-refractivity contribution >= 4 is 15.9 Å². The number of hydrogen-bond donors (Lipinski definition) is 1. The molecule has 152 valence electrons. The molecule has 1 aromatic carbocycles. The third-order valence-electron chi connectivity index (χ3n) is 4.75. The average Bonchev–Trinajstić information content (AvgIpc) is 3.11. The van der Waals surface area contributed by atoms with Crippen LogP contribution in [0.4, 0.5) is 0 Å². The monoisotopic (exact) mass is 408 g/mol. The van der Waals surface area contributed by atoms with Crippen LogP contribution in [0.2, 0.25) is 0 Å². The van der Waals surface area contributed by atoms with Gasteiger partial charge in [-0.1, -0.05) is 11.2 Å². The molecule has 2 aromatic rings. The molecule has 1 aliphatic heterocycles. The molecule has 2 heterocycles. The van der Waals surface area contributed by atoms with Crippen LogP contribution in [0.15, 0.2) is 27.6 Å². The van der Waals surface area contributed by atoms with Crippen molar-refractivity contribution in [3.63, 3.8) is 0 Å². The van der Waals surface area contributed by atoms with Gasteiger partial charge in [-0.15, -0.1) is 0 Å². The third-order valence-corrected chi connectivity index (χ3v) is 6.66. The number of nitrogens with zero attached hydrogens (tertiary/aromatic N) is 3. The highest BCUT2D eigenvalue weighted by Gasteiger charge is 2.33. The Balaban J connectivity index is 1.61. The fourth-order valence-corrected chi connectivity index (χ4v) is 4.91. The van der Waals surface area contributed by atoms with Crippen LogP contribution in [0.1, 0.15) is 30.1 Å². The van der Waals surface area contributed by atoms with Gasteiger partial charge in [0.1, 0.15) is 10.6 Å². The van der Waals surface area contributed by atoms with Crippen LogP contribution in [0.25, 0.3) is 0 Å². The van der Waals surface area contributed by atoms with E-state index in [9.17, 15) is 13.2 Å².